The maximum absolute atomic E-state index is 5.68. The van der Waals surface area contributed by atoms with E-state index < -0.39 is 0 Å². The van der Waals surface area contributed by atoms with Crippen LogP contribution in [-0.4, -0.2) is 18.1 Å². The molecule has 0 bridgehead atoms. The van der Waals surface area contributed by atoms with Gasteiger partial charge in [0.2, 0.25) is 0 Å². The van der Waals surface area contributed by atoms with Crippen LogP contribution in [0, 0.1) is 0 Å². The zero-order chi connectivity index (χ0) is 8.60. The molecule has 0 saturated heterocycles. The Morgan fingerprint density at radius 2 is 2.58 bits per heavy atom. The van der Waals surface area contributed by atoms with Crippen LogP contribution >= 0.6 is 0 Å². The van der Waals surface area contributed by atoms with Crippen molar-refractivity contribution in [2.24, 2.45) is 5.73 Å². The van der Waals surface area contributed by atoms with Gasteiger partial charge in [-0.05, 0) is 6.07 Å². The summed E-state index contributed by atoms with van der Waals surface area (Å²) in [6.45, 7) is 3.37. The topological polar surface area (TPSA) is 48.1 Å². The zero-order valence-corrected chi connectivity index (χ0v) is 7.08. The van der Waals surface area contributed by atoms with Gasteiger partial charge in [-0.25, -0.2) is 0 Å². The molecule has 0 radical (unpaired) electrons. The number of ether oxygens (including phenoxy) is 1. The molecule has 1 aliphatic rings. The molecular formula is C9H12N2O. The van der Waals surface area contributed by atoms with Crippen molar-refractivity contribution in [3.05, 3.63) is 24.0 Å². The number of hydrogen-bond acceptors (Lipinski definition) is 3. The number of rotatable bonds is 1. The molecule has 3 heteroatoms. The summed E-state index contributed by atoms with van der Waals surface area (Å²) in [7, 11) is 0. The molecule has 1 unspecified atom stereocenters. The molecule has 12 heavy (non-hydrogen) atoms. The lowest BCUT2D eigenvalue weighted by Gasteiger charge is -2.18. The Morgan fingerprint density at radius 3 is 3.33 bits per heavy atom. The lowest BCUT2D eigenvalue weighted by molar-refractivity contribution is 0.282. The molecule has 1 aromatic heterocycles. The number of nitrogens with zero attached hydrogens (tertiary/aromatic N) is 1. The van der Waals surface area contributed by atoms with Gasteiger partial charge in [0.1, 0.15) is 5.75 Å². The van der Waals surface area contributed by atoms with E-state index in [0.717, 1.165) is 11.3 Å². The summed E-state index contributed by atoms with van der Waals surface area (Å²) in [5.74, 6) is 0.929. The average molecular weight is 164 g/mol. The van der Waals surface area contributed by atoms with Gasteiger partial charge in [0.05, 0.1) is 6.61 Å². The van der Waals surface area contributed by atoms with E-state index in [1.54, 1.807) is 6.20 Å². The van der Waals surface area contributed by atoms with Crippen LogP contribution in [0.1, 0.15) is 12.5 Å². The van der Waals surface area contributed by atoms with Gasteiger partial charge in [-0.1, -0.05) is 6.92 Å². The first-order valence-corrected chi connectivity index (χ1v) is 4.04. The summed E-state index contributed by atoms with van der Waals surface area (Å²) < 4.78 is 5.48. The fourth-order valence-electron chi connectivity index (χ4n) is 1.44. The quantitative estimate of drug-likeness (QED) is 0.664. The molecule has 0 saturated carbocycles. The maximum Gasteiger partial charge on any atom is 0.126 e. The Balaban J connectivity index is 2.49. The Kier molecular flexibility index (Phi) is 1.54. The van der Waals surface area contributed by atoms with Gasteiger partial charge in [-0.3, -0.25) is 4.98 Å². The minimum atomic E-state index is -0.0381. The molecule has 0 fully saturated rings. The van der Waals surface area contributed by atoms with Crippen molar-refractivity contribution < 1.29 is 4.74 Å². The molecule has 2 heterocycles. The van der Waals surface area contributed by atoms with Gasteiger partial charge >= 0.3 is 0 Å². The first-order chi connectivity index (χ1) is 5.76. The standard InChI is InChI=1S/C9H12N2O/c1-9(5-10)6-12-8-2-3-11-4-7(8)9/h2-4H,5-6,10H2,1H3. The third-order valence-corrected chi connectivity index (χ3v) is 2.43. The van der Waals surface area contributed by atoms with Crippen molar-refractivity contribution >= 4 is 0 Å². The molecule has 1 aromatic rings. The summed E-state index contributed by atoms with van der Waals surface area (Å²) in [5.41, 5.74) is 6.77. The second kappa shape index (κ2) is 2.45. The van der Waals surface area contributed by atoms with E-state index in [4.69, 9.17) is 10.5 Å². The third-order valence-electron chi connectivity index (χ3n) is 2.43. The summed E-state index contributed by atoms with van der Waals surface area (Å²) in [6, 6.07) is 1.89. The Labute approximate surface area is 71.6 Å². The van der Waals surface area contributed by atoms with E-state index in [9.17, 15) is 0 Å². The number of aromatic nitrogens is 1. The highest BCUT2D eigenvalue weighted by Gasteiger charge is 2.34. The van der Waals surface area contributed by atoms with E-state index >= 15 is 0 Å². The smallest absolute Gasteiger partial charge is 0.126 e. The van der Waals surface area contributed by atoms with E-state index in [1.807, 2.05) is 12.3 Å². The van der Waals surface area contributed by atoms with E-state index in [-0.39, 0.29) is 5.41 Å². The highest BCUT2D eigenvalue weighted by Crippen LogP contribution is 2.36. The highest BCUT2D eigenvalue weighted by atomic mass is 16.5. The van der Waals surface area contributed by atoms with Crippen molar-refractivity contribution in [3.63, 3.8) is 0 Å². The van der Waals surface area contributed by atoms with Crippen LogP contribution in [0.5, 0.6) is 5.75 Å². The predicted octanol–water partition coefficient (Wildman–Crippen LogP) is 0.690. The molecule has 0 spiro atoms. The predicted molar refractivity (Wildman–Crippen MR) is 46.1 cm³/mol. The lowest BCUT2D eigenvalue weighted by Crippen LogP contribution is -2.33. The van der Waals surface area contributed by atoms with E-state index in [0.29, 0.717) is 13.2 Å². The molecule has 0 aliphatic carbocycles. The number of pyridine rings is 1. The second-order valence-electron chi connectivity index (χ2n) is 3.43. The largest absolute Gasteiger partial charge is 0.492 e. The summed E-state index contributed by atoms with van der Waals surface area (Å²) in [5, 5.41) is 0. The van der Waals surface area contributed by atoms with Crippen LogP contribution in [0.2, 0.25) is 0 Å². The Bertz CT molecular complexity index is 300. The SMILES string of the molecule is CC1(CN)COc2ccncc21. The number of hydrogen-bond donors (Lipinski definition) is 1. The molecule has 3 nitrogen and oxygen atoms in total. The maximum atomic E-state index is 5.68. The van der Waals surface area contributed by atoms with Gasteiger partial charge in [0, 0.05) is 29.9 Å². The molecule has 2 rings (SSSR count). The Hall–Kier alpha value is -1.09. The van der Waals surface area contributed by atoms with Crippen molar-refractivity contribution in [1.29, 1.82) is 0 Å². The monoisotopic (exact) mass is 164 g/mol. The fourth-order valence-corrected chi connectivity index (χ4v) is 1.44. The lowest BCUT2D eigenvalue weighted by atomic mass is 9.86. The van der Waals surface area contributed by atoms with Gasteiger partial charge in [0.15, 0.2) is 0 Å². The minimum absolute atomic E-state index is 0.0381. The van der Waals surface area contributed by atoms with Crippen molar-refractivity contribution in [1.82, 2.24) is 4.98 Å². The normalized spacial score (nSPS) is 26.5. The van der Waals surface area contributed by atoms with Crippen molar-refractivity contribution in [3.8, 4) is 5.75 Å². The molecule has 0 amide bonds. The van der Waals surface area contributed by atoms with Gasteiger partial charge in [-0.15, -0.1) is 0 Å². The van der Waals surface area contributed by atoms with Crippen LogP contribution < -0.4 is 10.5 Å². The summed E-state index contributed by atoms with van der Waals surface area (Å²) in [6.07, 6.45) is 3.58. The number of fused-ring (bicyclic) bond motifs is 1. The van der Waals surface area contributed by atoms with Crippen LogP contribution in [-0.2, 0) is 5.41 Å². The van der Waals surface area contributed by atoms with Crippen LogP contribution in [0.25, 0.3) is 0 Å². The molecular weight excluding hydrogens is 152 g/mol. The second-order valence-corrected chi connectivity index (χ2v) is 3.43. The van der Waals surface area contributed by atoms with Crippen molar-refractivity contribution in [2.45, 2.75) is 12.3 Å². The summed E-state index contributed by atoms with van der Waals surface area (Å²) in [4.78, 5) is 4.06. The van der Waals surface area contributed by atoms with Crippen LogP contribution in [0.4, 0.5) is 0 Å². The van der Waals surface area contributed by atoms with Gasteiger partial charge in [-0.2, -0.15) is 0 Å². The minimum Gasteiger partial charge on any atom is -0.492 e. The van der Waals surface area contributed by atoms with Crippen molar-refractivity contribution in [2.75, 3.05) is 13.2 Å². The third kappa shape index (κ3) is 0.898. The summed E-state index contributed by atoms with van der Waals surface area (Å²) >= 11 is 0. The Morgan fingerprint density at radius 1 is 1.75 bits per heavy atom. The first-order valence-electron chi connectivity index (χ1n) is 4.04. The highest BCUT2D eigenvalue weighted by molar-refractivity contribution is 5.40. The number of nitrogens with two attached hydrogens (primary N) is 1. The fraction of sp³-hybridized carbons (Fsp3) is 0.444. The molecule has 0 aromatic carbocycles. The van der Waals surface area contributed by atoms with Gasteiger partial charge < -0.3 is 10.5 Å². The molecule has 64 valence electrons. The van der Waals surface area contributed by atoms with E-state index in [2.05, 4.69) is 11.9 Å². The zero-order valence-electron chi connectivity index (χ0n) is 7.08. The van der Waals surface area contributed by atoms with E-state index in [1.165, 1.54) is 0 Å². The molecule has 1 aliphatic heterocycles. The van der Waals surface area contributed by atoms with Crippen LogP contribution in [0.15, 0.2) is 18.5 Å². The van der Waals surface area contributed by atoms with Gasteiger partial charge in [0.25, 0.3) is 0 Å². The molecule has 2 N–H and O–H groups in total. The molecule has 1 atom stereocenters. The first kappa shape index (κ1) is 7.55. The van der Waals surface area contributed by atoms with Crippen LogP contribution in [0.3, 0.4) is 0 Å². The average Bonchev–Trinajstić information content (AvgIpc) is 2.46.